The summed E-state index contributed by atoms with van der Waals surface area (Å²) in [4.78, 5) is 39.6. The molecule has 0 saturated carbocycles. The summed E-state index contributed by atoms with van der Waals surface area (Å²) in [6.45, 7) is 2.26. The summed E-state index contributed by atoms with van der Waals surface area (Å²) in [6.07, 6.45) is 3.60. The maximum Gasteiger partial charge on any atom is 0.328 e. The van der Waals surface area contributed by atoms with Crippen LogP contribution in [0.15, 0.2) is 46.1 Å². The third kappa shape index (κ3) is 4.85. The van der Waals surface area contributed by atoms with Crippen molar-refractivity contribution in [3.8, 4) is 5.75 Å². The Morgan fingerprint density at radius 3 is 2.74 bits per heavy atom. The number of hydrogen-bond donors (Lipinski definition) is 2. The van der Waals surface area contributed by atoms with Crippen LogP contribution in [0.3, 0.4) is 0 Å². The van der Waals surface area contributed by atoms with E-state index in [1.54, 1.807) is 7.11 Å². The zero-order valence-corrected chi connectivity index (χ0v) is 15.3. The number of carbonyl (C=O) groups is 1. The van der Waals surface area contributed by atoms with E-state index in [9.17, 15) is 14.4 Å². The molecule has 0 spiro atoms. The second-order valence-electron chi connectivity index (χ2n) is 6.58. The molecule has 1 aliphatic heterocycles. The summed E-state index contributed by atoms with van der Waals surface area (Å²) in [5.74, 6) is 0.499. The highest BCUT2D eigenvalue weighted by atomic mass is 16.5. The van der Waals surface area contributed by atoms with Gasteiger partial charge in [0.05, 0.1) is 13.2 Å². The molecule has 1 aromatic heterocycles. The lowest BCUT2D eigenvalue weighted by Gasteiger charge is -2.28. The van der Waals surface area contributed by atoms with Crippen LogP contribution in [-0.2, 0) is 11.3 Å². The SMILES string of the molecule is COc1cccc(C(CNC(=O)Cn2ccc(=O)[nH]c2=O)N2CCCC2)c1. The lowest BCUT2D eigenvalue weighted by Crippen LogP contribution is -2.40. The van der Waals surface area contributed by atoms with Crippen LogP contribution >= 0.6 is 0 Å². The highest BCUT2D eigenvalue weighted by molar-refractivity contribution is 5.75. The van der Waals surface area contributed by atoms with Gasteiger partial charge < -0.3 is 10.1 Å². The summed E-state index contributed by atoms with van der Waals surface area (Å²) in [5, 5.41) is 2.91. The molecule has 1 unspecified atom stereocenters. The van der Waals surface area contributed by atoms with Gasteiger partial charge in [-0.05, 0) is 43.6 Å². The van der Waals surface area contributed by atoms with Gasteiger partial charge in [-0.2, -0.15) is 0 Å². The number of likely N-dealkylation sites (tertiary alicyclic amines) is 1. The minimum Gasteiger partial charge on any atom is -0.497 e. The number of amides is 1. The topological polar surface area (TPSA) is 96.4 Å². The number of methoxy groups -OCH3 is 1. The van der Waals surface area contributed by atoms with Gasteiger partial charge >= 0.3 is 5.69 Å². The Balaban J connectivity index is 1.69. The second kappa shape index (κ2) is 8.68. The molecule has 2 heterocycles. The Hall–Kier alpha value is -2.87. The Kier molecular flexibility index (Phi) is 6.08. The lowest BCUT2D eigenvalue weighted by molar-refractivity contribution is -0.122. The number of hydrogen-bond acceptors (Lipinski definition) is 5. The van der Waals surface area contributed by atoms with Gasteiger partial charge in [-0.25, -0.2) is 4.79 Å². The molecule has 1 amide bonds. The number of ether oxygens (including phenoxy) is 1. The summed E-state index contributed by atoms with van der Waals surface area (Å²) >= 11 is 0. The van der Waals surface area contributed by atoms with Crippen molar-refractivity contribution < 1.29 is 9.53 Å². The molecule has 27 heavy (non-hydrogen) atoms. The van der Waals surface area contributed by atoms with E-state index in [2.05, 4.69) is 15.2 Å². The van der Waals surface area contributed by atoms with Crippen molar-refractivity contribution in [3.63, 3.8) is 0 Å². The van der Waals surface area contributed by atoms with E-state index in [4.69, 9.17) is 4.74 Å². The van der Waals surface area contributed by atoms with Gasteiger partial charge in [0.2, 0.25) is 5.91 Å². The summed E-state index contributed by atoms with van der Waals surface area (Å²) < 4.78 is 6.50. The van der Waals surface area contributed by atoms with Crippen LogP contribution < -0.4 is 21.3 Å². The van der Waals surface area contributed by atoms with Crippen molar-refractivity contribution >= 4 is 5.91 Å². The fraction of sp³-hybridized carbons (Fsp3) is 0.421. The molecule has 1 fully saturated rings. The number of benzene rings is 1. The highest BCUT2D eigenvalue weighted by Crippen LogP contribution is 2.27. The Morgan fingerprint density at radius 1 is 1.26 bits per heavy atom. The molecular formula is C19H24N4O4. The van der Waals surface area contributed by atoms with Gasteiger partial charge in [-0.15, -0.1) is 0 Å². The van der Waals surface area contributed by atoms with E-state index < -0.39 is 11.2 Å². The first-order valence-corrected chi connectivity index (χ1v) is 9.01. The standard InChI is InChI=1S/C19H24N4O4/c1-27-15-6-4-5-14(11-15)16(22-8-2-3-9-22)12-20-18(25)13-23-10-7-17(24)21-19(23)26/h4-7,10-11,16H,2-3,8-9,12-13H2,1H3,(H,20,25)(H,21,24,26). The average Bonchev–Trinajstić information content (AvgIpc) is 3.19. The van der Waals surface area contributed by atoms with Crippen LogP contribution in [-0.4, -0.2) is 47.1 Å². The van der Waals surface area contributed by atoms with Crippen molar-refractivity contribution in [2.24, 2.45) is 0 Å². The van der Waals surface area contributed by atoms with Crippen molar-refractivity contribution in [2.75, 3.05) is 26.7 Å². The third-order valence-electron chi connectivity index (χ3n) is 4.76. The van der Waals surface area contributed by atoms with Crippen molar-refractivity contribution in [2.45, 2.75) is 25.4 Å². The molecule has 144 valence electrons. The minimum atomic E-state index is -0.596. The van der Waals surface area contributed by atoms with Gasteiger partial charge in [0.25, 0.3) is 5.56 Å². The van der Waals surface area contributed by atoms with Gasteiger partial charge in [0.15, 0.2) is 0 Å². The fourth-order valence-electron chi connectivity index (χ4n) is 3.35. The smallest absolute Gasteiger partial charge is 0.328 e. The van der Waals surface area contributed by atoms with E-state index in [-0.39, 0.29) is 18.5 Å². The number of rotatable bonds is 7. The molecule has 1 atom stereocenters. The molecule has 8 nitrogen and oxygen atoms in total. The number of nitrogens with one attached hydrogen (secondary N) is 2. The van der Waals surface area contributed by atoms with Crippen LogP contribution in [0.4, 0.5) is 0 Å². The molecule has 3 rings (SSSR count). The Bertz CT molecular complexity index is 899. The highest BCUT2D eigenvalue weighted by Gasteiger charge is 2.24. The molecular weight excluding hydrogens is 348 g/mol. The number of H-pyrrole nitrogens is 1. The van der Waals surface area contributed by atoms with Gasteiger partial charge in [0, 0.05) is 18.8 Å². The summed E-state index contributed by atoms with van der Waals surface area (Å²) in [5.41, 5.74) is 0.00285. The normalized spacial score (nSPS) is 15.4. The Labute approximate surface area is 156 Å². The van der Waals surface area contributed by atoms with E-state index in [0.717, 1.165) is 37.2 Å². The molecule has 0 aliphatic carbocycles. The number of carbonyl (C=O) groups excluding carboxylic acids is 1. The third-order valence-corrected chi connectivity index (χ3v) is 4.76. The molecule has 1 aromatic carbocycles. The van der Waals surface area contributed by atoms with Gasteiger partial charge in [-0.3, -0.25) is 24.0 Å². The van der Waals surface area contributed by atoms with E-state index in [1.165, 1.54) is 16.8 Å². The Morgan fingerprint density at radius 2 is 2.04 bits per heavy atom. The average molecular weight is 372 g/mol. The van der Waals surface area contributed by atoms with E-state index in [0.29, 0.717) is 6.54 Å². The quantitative estimate of drug-likeness (QED) is 0.738. The van der Waals surface area contributed by atoms with Crippen molar-refractivity contribution in [1.82, 2.24) is 19.8 Å². The van der Waals surface area contributed by atoms with Crippen molar-refractivity contribution in [3.05, 3.63) is 62.9 Å². The number of aromatic amines is 1. The van der Waals surface area contributed by atoms with Crippen LogP contribution in [0.2, 0.25) is 0 Å². The lowest BCUT2D eigenvalue weighted by atomic mass is 10.0. The predicted molar refractivity (Wildman–Crippen MR) is 101 cm³/mol. The van der Waals surface area contributed by atoms with Crippen LogP contribution in [0.1, 0.15) is 24.4 Å². The predicted octanol–water partition coefficient (Wildman–Crippen LogP) is 0.499. The fourth-order valence-corrected chi connectivity index (χ4v) is 3.35. The zero-order chi connectivity index (χ0) is 19.2. The molecule has 1 aliphatic rings. The largest absolute Gasteiger partial charge is 0.497 e. The molecule has 1 saturated heterocycles. The second-order valence-corrected chi connectivity index (χ2v) is 6.58. The first kappa shape index (κ1) is 18.9. The molecule has 8 heteroatoms. The van der Waals surface area contributed by atoms with Gasteiger partial charge in [-0.1, -0.05) is 12.1 Å². The monoisotopic (exact) mass is 372 g/mol. The van der Waals surface area contributed by atoms with E-state index in [1.807, 2.05) is 24.3 Å². The maximum atomic E-state index is 12.3. The summed E-state index contributed by atoms with van der Waals surface area (Å²) in [7, 11) is 1.63. The molecule has 0 bridgehead atoms. The van der Waals surface area contributed by atoms with Crippen LogP contribution in [0, 0.1) is 0 Å². The van der Waals surface area contributed by atoms with Crippen LogP contribution in [0.5, 0.6) is 5.75 Å². The first-order chi connectivity index (χ1) is 13.1. The number of aromatic nitrogens is 2. The minimum absolute atomic E-state index is 0.0406. The molecule has 2 N–H and O–H groups in total. The van der Waals surface area contributed by atoms with Crippen LogP contribution in [0.25, 0.3) is 0 Å². The van der Waals surface area contributed by atoms with E-state index >= 15 is 0 Å². The van der Waals surface area contributed by atoms with Crippen molar-refractivity contribution in [1.29, 1.82) is 0 Å². The molecule has 2 aromatic rings. The molecule has 0 radical (unpaired) electrons. The summed E-state index contributed by atoms with van der Waals surface area (Å²) in [6, 6.07) is 9.12. The first-order valence-electron chi connectivity index (χ1n) is 9.01. The maximum absolute atomic E-state index is 12.3. The van der Waals surface area contributed by atoms with Gasteiger partial charge in [0.1, 0.15) is 12.3 Å². The zero-order valence-electron chi connectivity index (χ0n) is 15.3. The number of nitrogens with zero attached hydrogens (tertiary/aromatic N) is 2.